The maximum Gasteiger partial charge on any atom is 0.108 e. The molecule has 1 unspecified atom stereocenters. The van der Waals surface area contributed by atoms with Gasteiger partial charge >= 0.3 is 0 Å². The van der Waals surface area contributed by atoms with Gasteiger partial charge in [0.15, 0.2) is 0 Å². The Kier molecular flexibility index (Phi) is 2.81. The summed E-state index contributed by atoms with van der Waals surface area (Å²) < 4.78 is 0. The molecule has 0 saturated carbocycles. The van der Waals surface area contributed by atoms with E-state index in [-0.39, 0.29) is 11.8 Å². The molecule has 0 bridgehead atoms. The maximum atomic E-state index is 9.91. The summed E-state index contributed by atoms with van der Waals surface area (Å²) in [6.45, 7) is 5.24. The second-order valence-corrected chi connectivity index (χ2v) is 4.95. The number of benzene rings is 1. The van der Waals surface area contributed by atoms with Gasteiger partial charge in [-0.25, -0.2) is 0 Å². The van der Waals surface area contributed by atoms with Crippen LogP contribution in [0.25, 0.3) is 0 Å². The Morgan fingerprint density at radius 3 is 2.53 bits per heavy atom. The first kappa shape index (κ1) is 10.7. The molecule has 0 aromatic heterocycles. The third-order valence-electron chi connectivity index (χ3n) is 3.35. The first-order chi connectivity index (χ1) is 7.09. The predicted molar refractivity (Wildman–Crippen MR) is 61.3 cm³/mol. The molecule has 2 rings (SSSR count). The minimum absolute atomic E-state index is 0.120. The Morgan fingerprint density at radius 2 is 2.00 bits per heavy atom. The Labute approximate surface area is 91.5 Å². The van der Waals surface area contributed by atoms with Crippen LogP contribution in [-0.2, 0) is 6.54 Å². The zero-order chi connectivity index (χ0) is 10.9. The minimum Gasteiger partial charge on any atom is -0.378 e. The fraction of sp³-hybridized carbons (Fsp3) is 0.538. The van der Waals surface area contributed by atoms with Gasteiger partial charge in [-0.05, 0) is 32.3 Å². The van der Waals surface area contributed by atoms with Crippen LogP contribution in [0.5, 0.6) is 0 Å². The molecule has 0 amide bonds. The van der Waals surface area contributed by atoms with E-state index in [0.29, 0.717) is 0 Å². The van der Waals surface area contributed by atoms with Crippen molar-refractivity contribution in [2.45, 2.75) is 45.0 Å². The molecule has 1 aliphatic heterocycles. The van der Waals surface area contributed by atoms with Crippen LogP contribution >= 0.6 is 0 Å². The maximum absolute atomic E-state index is 9.91. The summed E-state index contributed by atoms with van der Waals surface area (Å²) in [6, 6.07) is 10.3. The first-order valence-electron chi connectivity index (χ1n) is 5.58. The second kappa shape index (κ2) is 3.95. The van der Waals surface area contributed by atoms with Crippen molar-refractivity contribution in [2.24, 2.45) is 0 Å². The van der Waals surface area contributed by atoms with Crippen LogP contribution in [0.15, 0.2) is 30.3 Å². The van der Waals surface area contributed by atoms with E-state index in [1.165, 1.54) is 5.56 Å². The Balaban J connectivity index is 2.11. The Hall–Kier alpha value is -0.860. The molecule has 1 fully saturated rings. The van der Waals surface area contributed by atoms with Crippen molar-refractivity contribution < 1.29 is 5.11 Å². The van der Waals surface area contributed by atoms with E-state index in [2.05, 4.69) is 30.9 Å². The first-order valence-corrected chi connectivity index (χ1v) is 5.58. The molecule has 2 heteroatoms. The van der Waals surface area contributed by atoms with Crippen LogP contribution in [0.3, 0.4) is 0 Å². The SMILES string of the molecule is CC1(C)CCC(O)N1Cc1ccccc1. The van der Waals surface area contributed by atoms with E-state index in [9.17, 15) is 5.11 Å². The predicted octanol–water partition coefficient (Wildman–Crippen LogP) is 2.38. The molecule has 15 heavy (non-hydrogen) atoms. The lowest BCUT2D eigenvalue weighted by Crippen LogP contribution is -2.42. The van der Waals surface area contributed by atoms with Crippen molar-refractivity contribution in [3.05, 3.63) is 35.9 Å². The van der Waals surface area contributed by atoms with E-state index in [0.717, 1.165) is 19.4 Å². The monoisotopic (exact) mass is 205 g/mol. The molecule has 1 saturated heterocycles. The number of likely N-dealkylation sites (tertiary alicyclic amines) is 1. The molecule has 1 N–H and O–H groups in total. The van der Waals surface area contributed by atoms with E-state index in [4.69, 9.17) is 0 Å². The summed E-state index contributed by atoms with van der Waals surface area (Å²) in [4.78, 5) is 2.18. The molecular formula is C13H19NO. The molecule has 1 heterocycles. The summed E-state index contributed by atoms with van der Waals surface area (Å²) in [7, 11) is 0. The molecule has 0 spiro atoms. The van der Waals surface area contributed by atoms with Gasteiger partial charge in [0.25, 0.3) is 0 Å². The largest absolute Gasteiger partial charge is 0.378 e. The molecule has 2 nitrogen and oxygen atoms in total. The van der Waals surface area contributed by atoms with Crippen molar-refractivity contribution in [3.8, 4) is 0 Å². The number of rotatable bonds is 2. The fourth-order valence-corrected chi connectivity index (χ4v) is 2.28. The quantitative estimate of drug-likeness (QED) is 0.801. The van der Waals surface area contributed by atoms with Gasteiger partial charge in [-0.15, -0.1) is 0 Å². The number of nitrogens with zero attached hydrogens (tertiary/aromatic N) is 1. The molecule has 1 aliphatic rings. The van der Waals surface area contributed by atoms with Crippen LogP contribution in [0.1, 0.15) is 32.3 Å². The summed E-state index contributed by atoms with van der Waals surface area (Å²) in [5.74, 6) is 0. The molecule has 1 aromatic rings. The average molecular weight is 205 g/mol. The highest BCUT2D eigenvalue weighted by Gasteiger charge is 2.37. The third-order valence-corrected chi connectivity index (χ3v) is 3.35. The normalized spacial score (nSPS) is 25.7. The summed E-state index contributed by atoms with van der Waals surface area (Å²) in [6.07, 6.45) is 1.68. The molecular weight excluding hydrogens is 186 g/mol. The molecule has 0 radical (unpaired) electrons. The summed E-state index contributed by atoms with van der Waals surface area (Å²) in [5.41, 5.74) is 1.39. The van der Waals surface area contributed by atoms with Crippen molar-refractivity contribution >= 4 is 0 Å². The third kappa shape index (κ3) is 2.21. The lowest BCUT2D eigenvalue weighted by molar-refractivity contribution is -0.0140. The Bertz CT molecular complexity index is 321. The van der Waals surface area contributed by atoms with E-state index in [1.807, 2.05) is 18.2 Å². The molecule has 1 aromatic carbocycles. The zero-order valence-electron chi connectivity index (χ0n) is 9.48. The highest BCUT2D eigenvalue weighted by molar-refractivity contribution is 5.15. The highest BCUT2D eigenvalue weighted by Crippen LogP contribution is 2.33. The zero-order valence-corrected chi connectivity index (χ0v) is 9.48. The molecule has 1 atom stereocenters. The lowest BCUT2D eigenvalue weighted by Gasteiger charge is -2.33. The smallest absolute Gasteiger partial charge is 0.108 e. The summed E-state index contributed by atoms with van der Waals surface area (Å²) >= 11 is 0. The minimum atomic E-state index is -0.278. The van der Waals surface area contributed by atoms with Crippen molar-refractivity contribution in [1.82, 2.24) is 4.90 Å². The van der Waals surface area contributed by atoms with Crippen molar-refractivity contribution in [2.75, 3.05) is 0 Å². The van der Waals surface area contributed by atoms with Crippen molar-refractivity contribution in [1.29, 1.82) is 0 Å². The number of hydrogen-bond acceptors (Lipinski definition) is 2. The van der Waals surface area contributed by atoms with Crippen LogP contribution in [-0.4, -0.2) is 21.8 Å². The van der Waals surface area contributed by atoms with Gasteiger partial charge in [-0.2, -0.15) is 0 Å². The van der Waals surface area contributed by atoms with Gasteiger partial charge in [0.1, 0.15) is 6.23 Å². The van der Waals surface area contributed by atoms with Crippen LogP contribution < -0.4 is 0 Å². The Morgan fingerprint density at radius 1 is 1.33 bits per heavy atom. The standard InChI is InChI=1S/C13H19NO/c1-13(2)9-8-12(15)14(13)10-11-6-4-3-5-7-11/h3-7,12,15H,8-10H2,1-2H3. The van der Waals surface area contributed by atoms with Gasteiger partial charge < -0.3 is 5.11 Å². The molecule has 0 aliphatic carbocycles. The van der Waals surface area contributed by atoms with Gasteiger partial charge in [-0.1, -0.05) is 30.3 Å². The van der Waals surface area contributed by atoms with Crippen LogP contribution in [0, 0.1) is 0 Å². The fourth-order valence-electron chi connectivity index (χ4n) is 2.28. The topological polar surface area (TPSA) is 23.5 Å². The van der Waals surface area contributed by atoms with E-state index < -0.39 is 0 Å². The van der Waals surface area contributed by atoms with Crippen LogP contribution in [0.4, 0.5) is 0 Å². The van der Waals surface area contributed by atoms with E-state index >= 15 is 0 Å². The second-order valence-electron chi connectivity index (χ2n) is 4.95. The van der Waals surface area contributed by atoms with Gasteiger partial charge in [-0.3, -0.25) is 4.90 Å². The van der Waals surface area contributed by atoms with Crippen LogP contribution in [0.2, 0.25) is 0 Å². The average Bonchev–Trinajstić information content (AvgIpc) is 2.47. The van der Waals surface area contributed by atoms with E-state index in [1.54, 1.807) is 0 Å². The lowest BCUT2D eigenvalue weighted by atomic mass is 10.0. The van der Waals surface area contributed by atoms with Gasteiger partial charge in [0.2, 0.25) is 0 Å². The molecule has 82 valence electrons. The number of aliphatic hydroxyl groups is 1. The van der Waals surface area contributed by atoms with Gasteiger partial charge in [0, 0.05) is 12.1 Å². The van der Waals surface area contributed by atoms with Gasteiger partial charge in [0.05, 0.1) is 0 Å². The number of hydrogen-bond donors (Lipinski definition) is 1. The highest BCUT2D eigenvalue weighted by atomic mass is 16.3. The van der Waals surface area contributed by atoms with Crippen molar-refractivity contribution in [3.63, 3.8) is 0 Å². The summed E-state index contributed by atoms with van der Waals surface area (Å²) in [5, 5.41) is 9.91. The number of aliphatic hydroxyl groups excluding tert-OH is 1.